The summed E-state index contributed by atoms with van der Waals surface area (Å²) >= 11 is 3.18. The maximum absolute atomic E-state index is 12.6. The molecule has 0 aliphatic rings. The van der Waals surface area contributed by atoms with Crippen LogP contribution in [0.3, 0.4) is 0 Å². The number of hydrogen-bond donors (Lipinski definition) is 1. The van der Waals surface area contributed by atoms with Crippen LogP contribution in [0.2, 0.25) is 0 Å². The van der Waals surface area contributed by atoms with Gasteiger partial charge in [-0.15, -0.1) is 0 Å². The predicted molar refractivity (Wildman–Crippen MR) is 65.5 cm³/mol. The molecule has 8 heteroatoms. The normalized spacial score (nSPS) is 11.6. The van der Waals surface area contributed by atoms with Crippen molar-refractivity contribution in [2.24, 2.45) is 0 Å². The predicted octanol–water partition coefficient (Wildman–Crippen LogP) is 3.77. The highest BCUT2D eigenvalue weighted by Crippen LogP contribution is 2.34. The number of rotatable bonds is 3. The standard InChI is InChI=1S/C11H9BrF3N3O/c1-6-17-10(18-19-6)5-16-9-4-7(11(13,14)15)2-3-8(9)12/h2-4,16H,5H2,1H3. The Labute approximate surface area is 115 Å². The molecule has 0 atom stereocenters. The zero-order valence-electron chi connectivity index (χ0n) is 9.75. The fourth-order valence-corrected chi connectivity index (χ4v) is 1.81. The van der Waals surface area contributed by atoms with E-state index in [0.29, 0.717) is 21.9 Å². The van der Waals surface area contributed by atoms with E-state index in [0.717, 1.165) is 12.1 Å². The zero-order valence-corrected chi connectivity index (χ0v) is 11.3. The van der Waals surface area contributed by atoms with Crippen molar-refractivity contribution in [3.63, 3.8) is 0 Å². The number of halogens is 4. The van der Waals surface area contributed by atoms with Crippen molar-refractivity contribution in [1.29, 1.82) is 0 Å². The summed E-state index contributed by atoms with van der Waals surface area (Å²) in [5.41, 5.74) is -0.403. The molecule has 0 saturated heterocycles. The molecule has 1 N–H and O–H groups in total. The van der Waals surface area contributed by atoms with Crippen LogP contribution >= 0.6 is 15.9 Å². The minimum absolute atomic E-state index is 0.178. The summed E-state index contributed by atoms with van der Waals surface area (Å²) in [7, 11) is 0. The first kappa shape index (κ1) is 13.9. The van der Waals surface area contributed by atoms with Gasteiger partial charge in [-0.25, -0.2) is 0 Å². The molecule has 0 unspecified atom stereocenters. The Hall–Kier alpha value is -1.57. The highest BCUT2D eigenvalue weighted by atomic mass is 79.9. The van der Waals surface area contributed by atoms with Crippen molar-refractivity contribution in [1.82, 2.24) is 10.1 Å². The molecule has 0 aliphatic carbocycles. The van der Waals surface area contributed by atoms with Crippen molar-refractivity contribution < 1.29 is 17.7 Å². The van der Waals surface area contributed by atoms with Gasteiger partial charge in [0.05, 0.1) is 12.1 Å². The van der Waals surface area contributed by atoms with Crippen molar-refractivity contribution in [3.05, 3.63) is 40.0 Å². The third-order valence-electron chi connectivity index (χ3n) is 2.30. The van der Waals surface area contributed by atoms with Crippen molar-refractivity contribution in [2.75, 3.05) is 5.32 Å². The lowest BCUT2D eigenvalue weighted by molar-refractivity contribution is -0.137. The van der Waals surface area contributed by atoms with E-state index < -0.39 is 11.7 Å². The summed E-state index contributed by atoms with van der Waals surface area (Å²) in [5, 5.41) is 6.47. The Balaban J connectivity index is 2.15. The second-order valence-corrected chi connectivity index (χ2v) is 4.63. The van der Waals surface area contributed by atoms with E-state index in [1.807, 2.05) is 0 Å². The summed E-state index contributed by atoms with van der Waals surface area (Å²) < 4.78 is 43.0. The van der Waals surface area contributed by atoms with Gasteiger partial charge in [-0.2, -0.15) is 18.2 Å². The van der Waals surface area contributed by atoms with Gasteiger partial charge in [0.2, 0.25) is 5.89 Å². The van der Waals surface area contributed by atoms with Crippen LogP contribution < -0.4 is 5.32 Å². The average Bonchev–Trinajstić information content (AvgIpc) is 2.72. The van der Waals surface area contributed by atoms with Gasteiger partial charge in [-0.1, -0.05) is 5.16 Å². The Morgan fingerprint density at radius 3 is 2.68 bits per heavy atom. The third kappa shape index (κ3) is 3.46. The second kappa shape index (κ2) is 5.20. The molecule has 2 aromatic rings. The van der Waals surface area contributed by atoms with Crippen LogP contribution in [0.4, 0.5) is 18.9 Å². The smallest absolute Gasteiger partial charge is 0.377 e. The second-order valence-electron chi connectivity index (χ2n) is 3.78. The molecular formula is C11H9BrF3N3O. The number of nitrogens with one attached hydrogen (secondary N) is 1. The summed E-state index contributed by atoms with van der Waals surface area (Å²) in [4.78, 5) is 3.95. The SMILES string of the molecule is Cc1nc(CNc2cc(C(F)(F)F)ccc2Br)no1. The fourth-order valence-electron chi connectivity index (χ4n) is 1.42. The van der Waals surface area contributed by atoms with Crippen molar-refractivity contribution in [2.45, 2.75) is 19.6 Å². The molecule has 0 radical (unpaired) electrons. The first-order chi connectivity index (χ1) is 8.86. The number of aromatic nitrogens is 2. The van der Waals surface area contributed by atoms with E-state index >= 15 is 0 Å². The summed E-state index contributed by atoms with van der Waals surface area (Å²) in [6, 6.07) is 3.37. The van der Waals surface area contributed by atoms with Crippen LogP contribution in [0.1, 0.15) is 17.3 Å². The Morgan fingerprint density at radius 2 is 2.11 bits per heavy atom. The van der Waals surface area contributed by atoms with Gasteiger partial charge >= 0.3 is 6.18 Å². The summed E-state index contributed by atoms with van der Waals surface area (Å²) in [6.07, 6.45) is -4.38. The molecule has 0 saturated carbocycles. The molecule has 0 fully saturated rings. The average molecular weight is 336 g/mol. The lowest BCUT2D eigenvalue weighted by Crippen LogP contribution is -2.07. The molecule has 4 nitrogen and oxygen atoms in total. The van der Waals surface area contributed by atoms with Gasteiger partial charge < -0.3 is 9.84 Å². The van der Waals surface area contributed by atoms with E-state index in [9.17, 15) is 13.2 Å². The third-order valence-corrected chi connectivity index (χ3v) is 2.99. The topological polar surface area (TPSA) is 51.0 Å². The van der Waals surface area contributed by atoms with E-state index in [-0.39, 0.29) is 6.54 Å². The van der Waals surface area contributed by atoms with Crippen LogP contribution in [0.25, 0.3) is 0 Å². The van der Waals surface area contributed by atoms with Gasteiger partial charge in [-0.3, -0.25) is 0 Å². The fraction of sp³-hybridized carbons (Fsp3) is 0.273. The monoisotopic (exact) mass is 335 g/mol. The molecule has 0 bridgehead atoms. The number of nitrogens with zero attached hydrogens (tertiary/aromatic N) is 2. The zero-order chi connectivity index (χ0) is 14.0. The van der Waals surface area contributed by atoms with E-state index in [4.69, 9.17) is 4.52 Å². The highest BCUT2D eigenvalue weighted by molar-refractivity contribution is 9.10. The number of benzene rings is 1. The molecule has 19 heavy (non-hydrogen) atoms. The molecule has 0 spiro atoms. The number of hydrogen-bond acceptors (Lipinski definition) is 4. The first-order valence-corrected chi connectivity index (χ1v) is 6.05. The molecule has 0 amide bonds. The minimum Gasteiger partial charge on any atom is -0.377 e. The van der Waals surface area contributed by atoms with Crippen LogP contribution in [0, 0.1) is 6.92 Å². The summed E-state index contributed by atoms with van der Waals surface area (Å²) in [5.74, 6) is 0.779. The molecular weight excluding hydrogens is 327 g/mol. The quantitative estimate of drug-likeness (QED) is 0.927. The maximum Gasteiger partial charge on any atom is 0.416 e. The van der Waals surface area contributed by atoms with E-state index in [1.165, 1.54) is 6.07 Å². The number of aryl methyl sites for hydroxylation is 1. The molecule has 0 aliphatic heterocycles. The maximum atomic E-state index is 12.6. The van der Waals surface area contributed by atoms with Gasteiger partial charge in [0, 0.05) is 17.1 Å². The van der Waals surface area contributed by atoms with E-state index in [2.05, 4.69) is 31.4 Å². The highest BCUT2D eigenvalue weighted by Gasteiger charge is 2.30. The largest absolute Gasteiger partial charge is 0.416 e. The van der Waals surface area contributed by atoms with Gasteiger partial charge in [0.1, 0.15) is 0 Å². The van der Waals surface area contributed by atoms with Crippen LogP contribution in [-0.4, -0.2) is 10.1 Å². The Bertz CT molecular complexity index is 583. The van der Waals surface area contributed by atoms with Crippen molar-refractivity contribution in [3.8, 4) is 0 Å². The molecule has 2 rings (SSSR count). The molecule has 1 aromatic heterocycles. The van der Waals surface area contributed by atoms with Crippen LogP contribution in [0.5, 0.6) is 0 Å². The Kier molecular flexibility index (Phi) is 3.79. The van der Waals surface area contributed by atoms with Gasteiger partial charge in [0.25, 0.3) is 0 Å². The number of anilines is 1. The lowest BCUT2D eigenvalue weighted by atomic mass is 10.2. The molecule has 1 aromatic carbocycles. The summed E-state index contributed by atoms with van der Waals surface area (Å²) in [6.45, 7) is 1.81. The van der Waals surface area contributed by atoms with Crippen LogP contribution in [0.15, 0.2) is 27.2 Å². The van der Waals surface area contributed by atoms with Crippen molar-refractivity contribution >= 4 is 21.6 Å². The number of alkyl halides is 3. The van der Waals surface area contributed by atoms with Gasteiger partial charge in [0.15, 0.2) is 5.82 Å². The Morgan fingerprint density at radius 1 is 1.37 bits per heavy atom. The first-order valence-electron chi connectivity index (χ1n) is 5.26. The molecule has 1 heterocycles. The van der Waals surface area contributed by atoms with E-state index in [1.54, 1.807) is 6.92 Å². The lowest BCUT2D eigenvalue weighted by Gasteiger charge is -2.11. The van der Waals surface area contributed by atoms with Crippen LogP contribution in [-0.2, 0) is 12.7 Å². The van der Waals surface area contributed by atoms with Gasteiger partial charge in [-0.05, 0) is 34.1 Å². The minimum atomic E-state index is -4.38. The molecule has 102 valence electrons.